The van der Waals surface area contributed by atoms with Crippen LogP contribution in [0.5, 0.6) is 0 Å². The molecule has 2 aliphatic rings. The molecule has 3 rings (SSSR count). The lowest BCUT2D eigenvalue weighted by Gasteiger charge is -2.20. The van der Waals surface area contributed by atoms with Crippen molar-refractivity contribution in [1.82, 2.24) is 4.90 Å². The standard InChI is InChI=1S/C15H18ClN3O2/c16-10-2-1-3-12(8-10)19-7-5-13(15(19)21)14(20)18-6-4-11(17)9-18/h1-3,8,11,13H,4-7,9,17H2/t11-,13?/m1/s1. The summed E-state index contributed by atoms with van der Waals surface area (Å²) >= 11 is 5.96. The summed E-state index contributed by atoms with van der Waals surface area (Å²) < 4.78 is 0. The number of likely N-dealkylation sites (tertiary alicyclic amines) is 1. The molecule has 2 heterocycles. The van der Waals surface area contributed by atoms with Crippen LogP contribution in [0.15, 0.2) is 24.3 Å². The Morgan fingerprint density at radius 3 is 2.76 bits per heavy atom. The molecular formula is C15H18ClN3O2. The summed E-state index contributed by atoms with van der Waals surface area (Å²) in [5.74, 6) is -0.797. The van der Waals surface area contributed by atoms with Gasteiger partial charge in [-0.25, -0.2) is 0 Å². The molecule has 1 aromatic carbocycles. The Labute approximate surface area is 128 Å². The monoisotopic (exact) mass is 307 g/mol. The quantitative estimate of drug-likeness (QED) is 0.836. The maximum Gasteiger partial charge on any atom is 0.239 e. The van der Waals surface area contributed by atoms with Gasteiger partial charge in [0.15, 0.2) is 0 Å². The number of anilines is 1. The Balaban J connectivity index is 1.73. The summed E-state index contributed by atoms with van der Waals surface area (Å²) in [6.45, 7) is 1.76. The zero-order valence-corrected chi connectivity index (χ0v) is 12.4. The van der Waals surface area contributed by atoms with Crippen LogP contribution in [0.25, 0.3) is 0 Å². The van der Waals surface area contributed by atoms with Gasteiger partial charge in [-0.3, -0.25) is 9.59 Å². The zero-order chi connectivity index (χ0) is 15.0. The van der Waals surface area contributed by atoms with Gasteiger partial charge < -0.3 is 15.5 Å². The van der Waals surface area contributed by atoms with Crippen LogP contribution in [-0.2, 0) is 9.59 Å². The van der Waals surface area contributed by atoms with Crippen molar-refractivity contribution in [3.8, 4) is 0 Å². The number of hydrogen-bond donors (Lipinski definition) is 1. The molecule has 2 aliphatic heterocycles. The Bertz CT molecular complexity index is 578. The van der Waals surface area contributed by atoms with Gasteiger partial charge in [-0.15, -0.1) is 0 Å². The molecule has 1 aromatic rings. The van der Waals surface area contributed by atoms with Crippen molar-refractivity contribution >= 4 is 29.1 Å². The van der Waals surface area contributed by atoms with Crippen LogP contribution < -0.4 is 10.6 Å². The molecule has 2 atom stereocenters. The predicted molar refractivity (Wildman–Crippen MR) is 81.1 cm³/mol. The van der Waals surface area contributed by atoms with Gasteiger partial charge in [0, 0.05) is 36.4 Å². The summed E-state index contributed by atoms with van der Waals surface area (Å²) in [6, 6.07) is 7.19. The van der Waals surface area contributed by atoms with E-state index in [4.69, 9.17) is 17.3 Å². The number of hydrogen-bond acceptors (Lipinski definition) is 3. The van der Waals surface area contributed by atoms with E-state index < -0.39 is 5.92 Å². The van der Waals surface area contributed by atoms with Crippen molar-refractivity contribution in [1.29, 1.82) is 0 Å². The van der Waals surface area contributed by atoms with E-state index >= 15 is 0 Å². The van der Waals surface area contributed by atoms with Gasteiger partial charge in [-0.1, -0.05) is 17.7 Å². The molecule has 21 heavy (non-hydrogen) atoms. The van der Waals surface area contributed by atoms with Gasteiger partial charge in [0.25, 0.3) is 0 Å². The van der Waals surface area contributed by atoms with Crippen molar-refractivity contribution in [3.05, 3.63) is 29.3 Å². The van der Waals surface area contributed by atoms with E-state index in [1.165, 1.54) is 0 Å². The molecule has 2 N–H and O–H groups in total. The van der Waals surface area contributed by atoms with E-state index in [-0.39, 0.29) is 17.9 Å². The first-order chi connectivity index (χ1) is 10.1. The minimum absolute atomic E-state index is 0.0366. The SMILES string of the molecule is N[C@@H]1CCN(C(=O)C2CCN(c3cccc(Cl)c3)C2=O)C1. The molecule has 6 heteroatoms. The van der Waals surface area contributed by atoms with Crippen molar-refractivity contribution < 1.29 is 9.59 Å². The average Bonchev–Trinajstić information content (AvgIpc) is 3.04. The van der Waals surface area contributed by atoms with Crippen molar-refractivity contribution in [2.45, 2.75) is 18.9 Å². The van der Waals surface area contributed by atoms with Crippen LogP contribution in [0.1, 0.15) is 12.8 Å². The van der Waals surface area contributed by atoms with Crippen LogP contribution in [-0.4, -0.2) is 42.4 Å². The molecule has 112 valence electrons. The topological polar surface area (TPSA) is 66.6 Å². The predicted octanol–water partition coefficient (Wildman–Crippen LogP) is 1.25. The van der Waals surface area contributed by atoms with Crippen LogP contribution in [0.2, 0.25) is 5.02 Å². The summed E-state index contributed by atoms with van der Waals surface area (Å²) in [5, 5.41) is 0.584. The zero-order valence-electron chi connectivity index (χ0n) is 11.7. The van der Waals surface area contributed by atoms with E-state index in [1.807, 2.05) is 6.07 Å². The first-order valence-electron chi connectivity index (χ1n) is 7.17. The maximum atomic E-state index is 12.5. The van der Waals surface area contributed by atoms with E-state index in [1.54, 1.807) is 28.0 Å². The fraction of sp³-hybridized carbons (Fsp3) is 0.467. The van der Waals surface area contributed by atoms with Crippen LogP contribution in [0, 0.1) is 5.92 Å². The summed E-state index contributed by atoms with van der Waals surface area (Å²) in [7, 11) is 0. The Morgan fingerprint density at radius 2 is 2.10 bits per heavy atom. The normalized spacial score (nSPS) is 25.7. The van der Waals surface area contributed by atoms with E-state index in [2.05, 4.69) is 0 Å². The smallest absolute Gasteiger partial charge is 0.239 e. The number of benzene rings is 1. The number of nitrogens with two attached hydrogens (primary N) is 1. The van der Waals surface area contributed by atoms with Gasteiger partial charge in [-0.2, -0.15) is 0 Å². The number of rotatable bonds is 2. The Hall–Kier alpha value is -1.59. The van der Waals surface area contributed by atoms with Crippen LogP contribution >= 0.6 is 11.6 Å². The number of carbonyl (C=O) groups is 2. The maximum absolute atomic E-state index is 12.5. The van der Waals surface area contributed by atoms with Crippen LogP contribution in [0.3, 0.4) is 0 Å². The third-order valence-electron chi connectivity index (χ3n) is 4.16. The third kappa shape index (κ3) is 2.76. The van der Waals surface area contributed by atoms with E-state index in [0.29, 0.717) is 31.1 Å². The van der Waals surface area contributed by atoms with Crippen molar-refractivity contribution in [2.24, 2.45) is 11.7 Å². The molecule has 0 spiro atoms. The molecule has 2 fully saturated rings. The van der Waals surface area contributed by atoms with Crippen LogP contribution in [0.4, 0.5) is 5.69 Å². The lowest BCUT2D eigenvalue weighted by Crippen LogP contribution is -2.40. The third-order valence-corrected chi connectivity index (χ3v) is 4.39. The van der Waals surface area contributed by atoms with Crippen molar-refractivity contribution in [2.75, 3.05) is 24.5 Å². The fourth-order valence-electron chi connectivity index (χ4n) is 3.02. The second kappa shape index (κ2) is 5.66. The van der Waals surface area contributed by atoms with Gasteiger partial charge in [0.05, 0.1) is 0 Å². The van der Waals surface area contributed by atoms with E-state index in [0.717, 1.165) is 12.1 Å². The second-order valence-electron chi connectivity index (χ2n) is 5.64. The average molecular weight is 308 g/mol. The highest BCUT2D eigenvalue weighted by molar-refractivity contribution is 6.31. The van der Waals surface area contributed by atoms with Gasteiger partial charge >= 0.3 is 0 Å². The molecule has 0 saturated carbocycles. The summed E-state index contributed by atoms with van der Waals surface area (Å²) in [5.41, 5.74) is 6.58. The van der Waals surface area contributed by atoms with Gasteiger partial charge in [-0.05, 0) is 31.0 Å². The van der Waals surface area contributed by atoms with Crippen molar-refractivity contribution in [3.63, 3.8) is 0 Å². The molecule has 0 radical (unpaired) electrons. The largest absolute Gasteiger partial charge is 0.340 e. The summed E-state index contributed by atoms with van der Waals surface area (Å²) in [6.07, 6.45) is 1.36. The van der Waals surface area contributed by atoms with E-state index in [9.17, 15) is 9.59 Å². The lowest BCUT2D eigenvalue weighted by atomic mass is 10.1. The first-order valence-corrected chi connectivity index (χ1v) is 7.55. The first kappa shape index (κ1) is 14.4. The highest BCUT2D eigenvalue weighted by Gasteiger charge is 2.40. The van der Waals surface area contributed by atoms with Gasteiger partial charge in [0.1, 0.15) is 5.92 Å². The summed E-state index contributed by atoms with van der Waals surface area (Å²) in [4.78, 5) is 28.3. The molecule has 0 aliphatic carbocycles. The lowest BCUT2D eigenvalue weighted by molar-refractivity contribution is -0.139. The number of halogens is 1. The Morgan fingerprint density at radius 1 is 1.29 bits per heavy atom. The molecule has 0 bridgehead atoms. The highest BCUT2D eigenvalue weighted by atomic mass is 35.5. The molecule has 2 amide bonds. The minimum atomic E-state index is -0.575. The molecular weight excluding hydrogens is 290 g/mol. The second-order valence-corrected chi connectivity index (χ2v) is 6.08. The molecule has 0 aromatic heterocycles. The molecule has 2 saturated heterocycles. The highest BCUT2D eigenvalue weighted by Crippen LogP contribution is 2.28. The number of carbonyl (C=O) groups excluding carboxylic acids is 2. The number of nitrogens with zero attached hydrogens (tertiary/aromatic N) is 2. The molecule has 1 unspecified atom stereocenters. The fourth-order valence-corrected chi connectivity index (χ4v) is 3.20. The Kier molecular flexibility index (Phi) is 3.87. The number of amides is 2. The minimum Gasteiger partial charge on any atom is -0.340 e. The van der Waals surface area contributed by atoms with Gasteiger partial charge in [0.2, 0.25) is 11.8 Å². The molecule has 5 nitrogen and oxygen atoms in total.